The number of piperazine rings is 1. The van der Waals surface area contributed by atoms with E-state index < -0.39 is 10.0 Å². The van der Waals surface area contributed by atoms with E-state index in [1.165, 1.54) is 6.07 Å². The van der Waals surface area contributed by atoms with Crippen LogP contribution in [-0.4, -0.2) is 62.4 Å². The Morgan fingerprint density at radius 1 is 1.08 bits per heavy atom. The Kier molecular flexibility index (Phi) is 7.29. The van der Waals surface area contributed by atoms with Crippen LogP contribution < -0.4 is 9.47 Å². The third kappa shape index (κ3) is 5.13. The van der Waals surface area contributed by atoms with Gasteiger partial charge < -0.3 is 14.4 Å². The molecule has 0 bridgehead atoms. The van der Waals surface area contributed by atoms with E-state index in [-0.39, 0.29) is 4.90 Å². The Balaban J connectivity index is 1.26. The molecule has 9 heteroatoms. The first kappa shape index (κ1) is 24.8. The van der Waals surface area contributed by atoms with Crippen molar-refractivity contribution in [2.75, 3.05) is 39.8 Å². The fourth-order valence-electron chi connectivity index (χ4n) is 4.69. The molecule has 0 N–H and O–H groups in total. The van der Waals surface area contributed by atoms with E-state index in [2.05, 4.69) is 16.0 Å². The molecule has 1 fully saturated rings. The average molecular weight is 526 g/mol. The number of ether oxygens (including phenoxy) is 2. The maximum absolute atomic E-state index is 13.0. The summed E-state index contributed by atoms with van der Waals surface area (Å²) in [6.45, 7) is 3.11. The van der Waals surface area contributed by atoms with Gasteiger partial charge in [0, 0.05) is 61.5 Å². The van der Waals surface area contributed by atoms with Crippen LogP contribution in [0, 0.1) is 0 Å². The summed E-state index contributed by atoms with van der Waals surface area (Å²) in [7, 11) is -1.87. The maximum Gasteiger partial charge on any atom is 0.243 e. The predicted octanol–water partition coefficient (Wildman–Crippen LogP) is 4.87. The highest BCUT2D eigenvalue weighted by molar-refractivity contribution is 7.89. The molecule has 5 rings (SSSR count). The zero-order valence-corrected chi connectivity index (χ0v) is 21.6. The summed E-state index contributed by atoms with van der Waals surface area (Å²) < 4.78 is 39.2. The molecule has 2 aromatic carbocycles. The van der Waals surface area contributed by atoms with Gasteiger partial charge in [0.2, 0.25) is 15.9 Å². The van der Waals surface area contributed by atoms with Gasteiger partial charge in [-0.1, -0.05) is 29.8 Å². The standard InChI is InChI=1S/C27H28ClN3O4S/c1-34-25-10-3-11-26-24(25)18-20(23-9-4-12-29-27(23)35-26)6-5-13-30-14-16-31(17-15-30)36(32,33)22-8-2-7-21(28)19-22/h2-4,6-12,19H,5,13-18H2,1H3/b20-6-. The minimum absolute atomic E-state index is 0.242. The number of pyridine rings is 1. The summed E-state index contributed by atoms with van der Waals surface area (Å²) in [6, 6.07) is 16.2. The number of sulfonamides is 1. The quantitative estimate of drug-likeness (QED) is 0.457. The van der Waals surface area contributed by atoms with Crippen LogP contribution in [0.5, 0.6) is 17.4 Å². The SMILES string of the molecule is COc1cccc2c1C/C(=C/CCN1CCN(S(=O)(=O)c3cccc(Cl)c3)CC1)c1cccnc1O2. The third-order valence-corrected chi connectivity index (χ3v) is 8.73. The second-order valence-corrected chi connectivity index (χ2v) is 11.2. The summed E-state index contributed by atoms with van der Waals surface area (Å²) in [5.74, 6) is 2.15. The fraction of sp³-hybridized carbons (Fsp3) is 0.296. The van der Waals surface area contributed by atoms with Crippen molar-refractivity contribution in [3.05, 3.63) is 83.0 Å². The molecule has 0 radical (unpaired) electrons. The van der Waals surface area contributed by atoms with Crippen molar-refractivity contribution in [3.8, 4) is 17.4 Å². The molecule has 1 aromatic heterocycles. The van der Waals surface area contributed by atoms with E-state index in [1.807, 2.05) is 30.3 Å². The smallest absolute Gasteiger partial charge is 0.243 e. The van der Waals surface area contributed by atoms with Crippen molar-refractivity contribution in [1.82, 2.24) is 14.2 Å². The minimum atomic E-state index is -3.54. The number of halogens is 1. The van der Waals surface area contributed by atoms with Crippen molar-refractivity contribution in [1.29, 1.82) is 0 Å². The number of rotatable bonds is 6. The van der Waals surface area contributed by atoms with Gasteiger partial charge >= 0.3 is 0 Å². The number of allylic oxidation sites excluding steroid dienone is 1. The Morgan fingerprint density at radius 3 is 2.67 bits per heavy atom. The van der Waals surface area contributed by atoms with Crippen molar-refractivity contribution in [3.63, 3.8) is 0 Å². The normalized spacial score (nSPS) is 17.7. The van der Waals surface area contributed by atoms with Crippen LogP contribution in [0.1, 0.15) is 17.5 Å². The molecular weight excluding hydrogens is 498 g/mol. The number of benzene rings is 2. The molecule has 2 aliphatic heterocycles. The van der Waals surface area contributed by atoms with Crippen LogP contribution in [0.25, 0.3) is 5.57 Å². The number of hydrogen-bond acceptors (Lipinski definition) is 6. The lowest BCUT2D eigenvalue weighted by Gasteiger charge is -2.33. The molecule has 3 heterocycles. The number of fused-ring (bicyclic) bond motifs is 2. The van der Waals surface area contributed by atoms with E-state index in [1.54, 1.807) is 35.8 Å². The first-order chi connectivity index (χ1) is 17.5. The van der Waals surface area contributed by atoms with Gasteiger partial charge in [-0.05, 0) is 54.5 Å². The van der Waals surface area contributed by atoms with Gasteiger partial charge in [0.25, 0.3) is 0 Å². The van der Waals surface area contributed by atoms with Crippen LogP contribution in [-0.2, 0) is 16.4 Å². The predicted molar refractivity (Wildman–Crippen MR) is 140 cm³/mol. The van der Waals surface area contributed by atoms with E-state index >= 15 is 0 Å². The molecule has 36 heavy (non-hydrogen) atoms. The second-order valence-electron chi connectivity index (χ2n) is 8.79. The van der Waals surface area contributed by atoms with Gasteiger partial charge in [-0.15, -0.1) is 0 Å². The molecule has 1 saturated heterocycles. The first-order valence-electron chi connectivity index (χ1n) is 11.9. The zero-order chi connectivity index (χ0) is 25.1. The molecule has 0 spiro atoms. The number of hydrogen-bond donors (Lipinski definition) is 0. The summed E-state index contributed by atoms with van der Waals surface area (Å²) >= 11 is 6.01. The molecule has 0 unspecified atom stereocenters. The molecule has 188 valence electrons. The molecule has 0 aliphatic carbocycles. The van der Waals surface area contributed by atoms with Crippen LogP contribution in [0.4, 0.5) is 0 Å². The lowest BCUT2D eigenvalue weighted by Crippen LogP contribution is -2.48. The average Bonchev–Trinajstić information content (AvgIpc) is 3.05. The van der Waals surface area contributed by atoms with Gasteiger partial charge in [-0.2, -0.15) is 4.31 Å². The van der Waals surface area contributed by atoms with Crippen molar-refractivity contribution in [2.24, 2.45) is 0 Å². The fourth-order valence-corrected chi connectivity index (χ4v) is 6.41. The summed E-state index contributed by atoms with van der Waals surface area (Å²) in [6.07, 6.45) is 5.48. The molecule has 2 aliphatic rings. The molecular formula is C27H28ClN3O4S. The van der Waals surface area contributed by atoms with Crippen molar-refractivity contribution < 1.29 is 17.9 Å². The minimum Gasteiger partial charge on any atom is -0.496 e. The van der Waals surface area contributed by atoms with E-state index in [9.17, 15) is 8.42 Å². The Labute approximate surface area is 217 Å². The van der Waals surface area contributed by atoms with E-state index in [4.69, 9.17) is 21.1 Å². The molecule has 7 nitrogen and oxygen atoms in total. The van der Waals surface area contributed by atoms with Crippen molar-refractivity contribution in [2.45, 2.75) is 17.7 Å². The lowest BCUT2D eigenvalue weighted by atomic mass is 9.97. The monoisotopic (exact) mass is 525 g/mol. The molecule has 0 atom stereocenters. The van der Waals surface area contributed by atoms with Crippen LogP contribution in [0.3, 0.4) is 0 Å². The number of nitrogens with zero attached hydrogens (tertiary/aromatic N) is 3. The lowest BCUT2D eigenvalue weighted by molar-refractivity contribution is 0.191. The summed E-state index contributed by atoms with van der Waals surface area (Å²) in [5.41, 5.74) is 3.13. The Hall–Kier alpha value is -2.91. The highest BCUT2D eigenvalue weighted by Crippen LogP contribution is 2.41. The zero-order valence-electron chi connectivity index (χ0n) is 20.1. The van der Waals surface area contributed by atoms with Gasteiger partial charge in [-0.25, -0.2) is 13.4 Å². The van der Waals surface area contributed by atoms with Gasteiger partial charge in [0.1, 0.15) is 11.5 Å². The van der Waals surface area contributed by atoms with Gasteiger partial charge in [0.05, 0.1) is 12.0 Å². The maximum atomic E-state index is 13.0. The van der Waals surface area contributed by atoms with E-state index in [0.717, 1.165) is 41.2 Å². The molecule has 0 saturated carbocycles. The van der Waals surface area contributed by atoms with Gasteiger partial charge in [0.15, 0.2) is 0 Å². The first-order valence-corrected chi connectivity index (χ1v) is 13.7. The number of aromatic nitrogens is 1. The largest absolute Gasteiger partial charge is 0.496 e. The van der Waals surface area contributed by atoms with Crippen LogP contribution in [0.2, 0.25) is 5.02 Å². The van der Waals surface area contributed by atoms with Crippen LogP contribution in [0.15, 0.2) is 71.8 Å². The highest BCUT2D eigenvalue weighted by Gasteiger charge is 2.28. The van der Waals surface area contributed by atoms with Gasteiger partial charge in [-0.3, -0.25) is 0 Å². The topological polar surface area (TPSA) is 72.0 Å². The summed E-state index contributed by atoms with van der Waals surface area (Å²) in [5, 5.41) is 0.420. The Bertz CT molecular complexity index is 1390. The Morgan fingerprint density at radius 2 is 1.89 bits per heavy atom. The van der Waals surface area contributed by atoms with E-state index in [0.29, 0.717) is 43.5 Å². The van der Waals surface area contributed by atoms with Crippen LogP contribution >= 0.6 is 11.6 Å². The second kappa shape index (κ2) is 10.6. The molecule has 3 aromatic rings. The third-order valence-electron chi connectivity index (χ3n) is 6.60. The highest BCUT2D eigenvalue weighted by atomic mass is 35.5. The number of methoxy groups -OCH3 is 1. The summed E-state index contributed by atoms with van der Waals surface area (Å²) in [4.78, 5) is 7.00. The van der Waals surface area contributed by atoms with Crippen molar-refractivity contribution >= 4 is 27.2 Å². The molecule has 0 amide bonds.